The molecule has 0 N–H and O–H groups in total. The molecule has 2 aromatic carbocycles. The molecule has 2 aromatic rings. The van der Waals surface area contributed by atoms with Gasteiger partial charge in [0.1, 0.15) is 0 Å². The summed E-state index contributed by atoms with van der Waals surface area (Å²) in [6.07, 6.45) is 0. The molecular formula is C17H17NO4S. The average Bonchev–Trinajstić information content (AvgIpc) is 2.59. The van der Waals surface area contributed by atoms with Crippen molar-refractivity contribution in [3.05, 3.63) is 64.2 Å². The summed E-state index contributed by atoms with van der Waals surface area (Å²) in [5, 5.41) is 11.2. The first-order valence-corrected chi connectivity index (χ1v) is 8.10. The zero-order valence-electron chi connectivity index (χ0n) is 12.9. The number of hydrogen-bond donors (Lipinski definition) is 0. The molecule has 0 radical (unpaired) electrons. The molecule has 0 fully saturated rings. The van der Waals surface area contributed by atoms with Crippen molar-refractivity contribution in [2.75, 3.05) is 12.9 Å². The number of ether oxygens (including phenoxy) is 1. The van der Waals surface area contributed by atoms with Crippen LogP contribution in [-0.2, 0) is 9.53 Å². The van der Waals surface area contributed by atoms with Crippen molar-refractivity contribution in [3.8, 4) is 11.1 Å². The largest absolute Gasteiger partial charge is 0.468 e. The van der Waals surface area contributed by atoms with Gasteiger partial charge in [0.2, 0.25) is 0 Å². The molecule has 6 heteroatoms. The Morgan fingerprint density at radius 3 is 2.48 bits per heavy atom. The van der Waals surface area contributed by atoms with E-state index < -0.39 is 0 Å². The zero-order chi connectivity index (χ0) is 16.8. The van der Waals surface area contributed by atoms with Crippen LogP contribution in [0.2, 0.25) is 0 Å². The highest BCUT2D eigenvalue weighted by Crippen LogP contribution is 2.33. The van der Waals surface area contributed by atoms with Gasteiger partial charge in [0.05, 0.1) is 23.3 Å². The molecule has 0 spiro atoms. The van der Waals surface area contributed by atoms with E-state index in [1.54, 1.807) is 18.2 Å². The summed E-state index contributed by atoms with van der Waals surface area (Å²) >= 11 is 1.49. The number of nitro benzene ring substituents is 1. The second-order valence-corrected chi connectivity index (χ2v) is 6.25. The molecule has 0 amide bonds. The number of esters is 1. The number of para-hydroxylation sites is 1. The smallest absolute Gasteiger partial charge is 0.315 e. The quantitative estimate of drug-likeness (QED) is 0.450. The lowest BCUT2D eigenvalue weighted by atomic mass is 10.0. The van der Waals surface area contributed by atoms with Crippen LogP contribution in [0, 0.1) is 10.1 Å². The molecule has 0 bridgehead atoms. The van der Waals surface area contributed by atoms with E-state index in [2.05, 4.69) is 4.74 Å². The summed E-state index contributed by atoms with van der Waals surface area (Å²) in [5.74, 6) is 0.0437. The fourth-order valence-corrected chi connectivity index (χ4v) is 3.01. The Balaban J connectivity index is 2.17. The maximum absolute atomic E-state index is 11.2. The molecule has 0 heterocycles. The van der Waals surface area contributed by atoms with Crippen LogP contribution in [0.4, 0.5) is 5.69 Å². The first-order valence-electron chi connectivity index (χ1n) is 7.05. The van der Waals surface area contributed by atoms with Crippen LogP contribution >= 0.6 is 11.8 Å². The highest BCUT2D eigenvalue weighted by atomic mass is 32.2. The summed E-state index contributed by atoms with van der Waals surface area (Å²) < 4.78 is 4.63. The van der Waals surface area contributed by atoms with Gasteiger partial charge in [-0.25, -0.2) is 0 Å². The van der Waals surface area contributed by atoms with Crippen molar-refractivity contribution in [1.29, 1.82) is 0 Å². The van der Waals surface area contributed by atoms with E-state index in [0.717, 1.165) is 11.1 Å². The lowest BCUT2D eigenvalue weighted by Crippen LogP contribution is -2.04. The highest BCUT2D eigenvalue weighted by Gasteiger charge is 2.15. The van der Waals surface area contributed by atoms with Gasteiger partial charge in [-0.3, -0.25) is 14.9 Å². The Labute approximate surface area is 138 Å². The number of carbonyl (C=O) groups excluding carboxylic acids is 1. The number of hydrogen-bond acceptors (Lipinski definition) is 5. The first kappa shape index (κ1) is 17.0. The van der Waals surface area contributed by atoms with Crippen molar-refractivity contribution in [3.63, 3.8) is 0 Å². The van der Waals surface area contributed by atoms with E-state index in [-0.39, 0.29) is 21.8 Å². The topological polar surface area (TPSA) is 69.4 Å². The number of thioether (sulfide) groups is 1. The zero-order valence-corrected chi connectivity index (χ0v) is 13.7. The molecule has 1 atom stereocenters. The maximum Gasteiger partial charge on any atom is 0.315 e. The van der Waals surface area contributed by atoms with Gasteiger partial charge in [-0.2, -0.15) is 0 Å². The maximum atomic E-state index is 11.2. The van der Waals surface area contributed by atoms with Crippen LogP contribution in [0.1, 0.15) is 17.7 Å². The van der Waals surface area contributed by atoms with Crippen LogP contribution in [0.5, 0.6) is 0 Å². The fourth-order valence-electron chi connectivity index (χ4n) is 2.16. The number of nitro groups is 1. The molecular weight excluding hydrogens is 314 g/mol. The summed E-state index contributed by atoms with van der Waals surface area (Å²) in [6, 6.07) is 14.3. The van der Waals surface area contributed by atoms with E-state index in [0.29, 0.717) is 11.3 Å². The summed E-state index contributed by atoms with van der Waals surface area (Å²) in [4.78, 5) is 21.9. The Morgan fingerprint density at radius 1 is 1.22 bits per heavy atom. The van der Waals surface area contributed by atoms with Gasteiger partial charge in [-0.15, -0.1) is 11.8 Å². The second-order valence-electron chi connectivity index (χ2n) is 4.93. The van der Waals surface area contributed by atoms with E-state index in [1.165, 1.54) is 24.9 Å². The number of rotatable bonds is 6. The predicted molar refractivity (Wildman–Crippen MR) is 91.4 cm³/mol. The summed E-state index contributed by atoms with van der Waals surface area (Å²) in [7, 11) is 1.37. The molecule has 0 saturated heterocycles. The van der Waals surface area contributed by atoms with Gasteiger partial charge in [0, 0.05) is 11.3 Å². The molecule has 5 nitrogen and oxygen atoms in total. The van der Waals surface area contributed by atoms with E-state index in [4.69, 9.17) is 0 Å². The number of carbonyl (C=O) groups is 1. The Morgan fingerprint density at radius 2 is 1.87 bits per heavy atom. The monoisotopic (exact) mass is 331 g/mol. The minimum atomic E-state index is -0.377. The summed E-state index contributed by atoms with van der Waals surface area (Å²) in [6.45, 7) is 2.01. The van der Waals surface area contributed by atoms with Crippen molar-refractivity contribution in [2.24, 2.45) is 0 Å². The molecule has 2 rings (SSSR count). The number of methoxy groups -OCH3 is 1. The first-order chi connectivity index (χ1) is 11.0. The highest BCUT2D eigenvalue weighted by molar-refractivity contribution is 8.00. The molecule has 0 aromatic heterocycles. The molecule has 1 unspecified atom stereocenters. The van der Waals surface area contributed by atoms with Gasteiger partial charge in [0.25, 0.3) is 5.69 Å². The second kappa shape index (κ2) is 7.78. The van der Waals surface area contributed by atoms with Crippen LogP contribution in [0.15, 0.2) is 48.5 Å². The van der Waals surface area contributed by atoms with Crippen LogP contribution < -0.4 is 0 Å². The SMILES string of the molecule is COC(=O)CSC(C)c1ccc(-c2ccccc2[N+](=O)[O-])cc1. The third-order valence-corrected chi connectivity index (χ3v) is 4.65. The number of nitrogens with zero attached hydrogens (tertiary/aromatic N) is 1. The van der Waals surface area contributed by atoms with Crippen LogP contribution in [0.25, 0.3) is 11.1 Å². The van der Waals surface area contributed by atoms with Crippen LogP contribution in [0.3, 0.4) is 0 Å². The Kier molecular flexibility index (Phi) is 5.76. The molecule has 0 aliphatic heterocycles. The minimum Gasteiger partial charge on any atom is -0.468 e. The molecule has 0 saturated carbocycles. The Bertz CT molecular complexity index is 700. The molecule has 120 valence electrons. The van der Waals surface area contributed by atoms with Gasteiger partial charge in [0.15, 0.2) is 0 Å². The number of benzene rings is 2. The molecule has 23 heavy (non-hydrogen) atoms. The lowest BCUT2D eigenvalue weighted by molar-refractivity contribution is -0.384. The van der Waals surface area contributed by atoms with Crippen LogP contribution in [-0.4, -0.2) is 23.8 Å². The van der Waals surface area contributed by atoms with Crippen molar-refractivity contribution >= 4 is 23.4 Å². The summed E-state index contributed by atoms with van der Waals surface area (Å²) in [5.41, 5.74) is 2.54. The third-order valence-electron chi connectivity index (χ3n) is 3.47. The third kappa shape index (κ3) is 4.32. The van der Waals surface area contributed by atoms with Gasteiger partial charge < -0.3 is 4.74 Å². The van der Waals surface area contributed by atoms with Gasteiger partial charge in [-0.05, 0) is 24.1 Å². The predicted octanol–water partition coefficient (Wildman–Crippen LogP) is 4.23. The minimum absolute atomic E-state index is 0.0911. The van der Waals surface area contributed by atoms with Crippen molar-refractivity contribution in [2.45, 2.75) is 12.2 Å². The van der Waals surface area contributed by atoms with Crippen molar-refractivity contribution in [1.82, 2.24) is 0 Å². The fraction of sp³-hybridized carbons (Fsp3) is 0.235. The average molecular weight is 331 g/mol. The van der Waals surface area contributed by atoms with Crippen molar-refractivity contribution < 1.29 is 14.5 Å². The van der Waals surface area contributed by atoms with Gasteiger partial charge in [-0.1, -0.05) is 36.4 Å². The Hall–Kier alpha value is -2.34. The van der Waals surface area contributed by atoms with E-state index in [9.17, 15) is 14.9 Å². The standard InChI is InChI=1S/C17H17NO4S/c1-12(23-11-17(19)22-2)13-7-9-14(10-8-13)15-5-3-4-6-16(15)18(20)21/h3-10,12H,11H2,1-2H3. The lowest BCUT2D eigenvalue weighted by Gasteiger charge is -2.12. The van der Waals surface area contributed by atoms with E-state index in [1.807, 2.05) is 31.2 Å². The normalized spacial score (nSPS) is 11.7. The van der Waals surface area contributed by atoms with E-state index >= 15 is 0 Å². The molecule has 0 aliphatic rings. The molecule has 0 aliphatic carbocycles. The van der Waals surface area contributed by atoms with Gasteiger partial charge >= 0.3 is 5.97 Å².